The molecule has 1 aromatic rings. The van der Waals surface area contributed by atoms with Gasteiger partial charge in [0.05, 0.1) is 18.9 Å². The number of hydrogen-bond acceptors (Lipinski definition) is 5. The summed E-state index contributed by atoms with van der Waals surface area (Å²) in [5.74, 6) is 0.738. The number of aryl methyl sites for hydroxylation is 1. The molecule has 2 atom stereocenters. The van der Waals surface area contributed by atoms with E-state index in [2.05, 4.69) is 23.7 Å². The molecule has 0 amide bonds. The summed E-state index contributed by atoms with van der Waals surface area (Å²) in [7, 11) is -3.88. The molecule has 0 bridgehead atoms. The standard InChI is InChI=1S/C18H26F3N3O3S/c1-12-10-27-11-13(2)17(12)23-6-8-24(9-7-23)28(25,26)15-4-5-16(18(19,20)21)22-14(15)3/h4-5,12-13,17H,6-11H2,1-3H3/t12-,13-/m0/s1. The van der Waals surface area contributed by atoms with Gasteiger partial charge >= 0.3 is 6.18 Å². The normalized spacial score (nSPS) is 26.5. The van der Waals surface area contributed by atoms with E-state index in [4.69, 9.17) is 4.74 Å². The van der Waals surface area contributed by atoms with E-state index in [1.165, 1.54) is 11.2 Å². The molecule has 1 aromatic heterocycles. The number of nitrogens with zero attached hydrogens (tertiary/aromatic N) is 3. The highest BCUT2D eigenvalue weighted by Crippen LogP contribution is 2.31. The monoisotopic (exact) mass is 421 g/mol. The summed E-state index contributed by atoms with van der Waals surface area (Å²) in [5, 5.41) is 0. The molecule has 0 N–H and O–H groups in total. The SMILES string of the molecule is Cc1nc(C(F)(F)F)ccc1S(=O)(=O)N1CCN(C2[C@@H](C)COC[C@@H]2C)CC1. The Morgan fingerprint density at radius 3 is 2.14 bits per heavy atom. The van der Waals surface area contributed by atoms with Crippen molar-refractivity contribution >= 4 is 10.0 Å². The van der Waals surface area contributed by atoms with Crippen molar-refractivity contribution in [2.24, 2.45) is 11.8 Å². The third kappa shape index (κ3) is 4.19. The molecule has 158 valence electrons. The highest BCUT2D eigenvalue weighted by molar-refractivity contribution is 7.89. The van der Waals surface area contributed by atoms with Crippen LogP contribution in [0.25, 0.3) is 0 Å². The molecule has 3 heterocycles. The summed E-state index contributed by atoms with van der Waals surface area (Å²) >= 11 is 0. The Balaban J connectivity index is 1.73. The van der Waals surface area contributed by atoms with Gasteiger partial charge in [-0.2, -0.15) is 17.5 Å². The van der Waals surface area contributed by atoms with Crippen molar-refractivity contribution in [2.75, 3.05) is 39.4 Å². The fourth-order valence-electron chi connectivity index (χ4n) is 4.28. The number of hydrogen-bond donors (Lipinski definition) is 0. The Morgan fingerprint density at radius 2 is 1.64 bits per heavy atom. The quantitative estimate of drug-likeness (QED) is 0.750. The number of piperazine rings is 1. The van der Waals surface area contributed by atoms with E-state index in [0.717, 1.165) is 12.1 Å². The third-order valence-corrected chi connectivity index (χ3v) is 7.60. The maximum absolute atomic E-state index is 12.9. The Bertz CT molecular complexity index is 798. The van der Waals surface area contributed by atoms with Crippen molar-refractivity contribution in [3.8, 4) is 0 Å². The van der Waals surface area contributed by atoms with Crippen LogP contribution in [0, 0.1) is 18.8 Å². The van der Waals surface area contributed by atoms with Crippen LogP contribution in [0.15, 0.2) is 17.0 Å². The van der Waals surface area contributed by atoms with Gasteiger partial charge in [0.2, 0.25) is 10.0 Å². The first-order valence-corrected chi connectivity index (χ1v) is 10.8. The summed E-state index contributed by atoms with van der Waals surface area (Å²) in [6.07, 6.45) is -4.60. The average Bonchev–Trinajstić information content (AvgIpc) is 2.61. The zero-order valence-corrected chi connectivity index (χ0v) is 17.1. The largest absolute Gasteiger partial charge is 0.433 e. The zero-order chi connectivity index (χ0) is 20.7. The van der Waals surface area contributed by atoms with E-state index < -0.39 is 21.9 Å². The second kappa shape index (κ2) is 7.89. The van der Waals surface area contributed by atoms with Crippen LogP contribution in [-0.4, -0.2) is 68.0 Å². The van der Waals surface area contributed by atoms with Gasteiger partial charge in [-0.3, -0.25) is 4.90 Å². The lowest BCUT2D eigenvalue weighted by atomic mass is 9.87. The summed E-state index contributed by atoms with van der Waals surface area (Å²) in [6.45, 7) is 8.76. The lowest BCUT2D eigenvalue weighted by Gasteiger charge is -2.45. The molecule has 6 nitrogen and oxygen atoms in total. The first-order valence-electron chi connectivity index (χ1n) is 9.38. The molecule has 0 radical (unpaired) electrons. The molecule has 28 heavy (non-hydrogen) atoms. The molecular weight excluding hydrogens is 395 g/mol. The van der Waals surface area contributed by atoms with Crippen molar-refractivity contribution in [2.45, 2.75) is 37.9 Å². The molecule has 0 saturated carbocycles. The topological polar surface area (TPSA) is 62.7 Å². The van der Waals surface area contributed by atoms with Crippen molar-refractivity contribution < 1.29 is 26.3 Å². The molecule has 2 saturated heterocycles. The number of pyridine rings is 1. The first kappa shape index (κ1) is 21.5. The van der Waals surface area contributed by atoms with Crippen LogP contribution < -0.4 is 0 Å². The average molecular weight is 421 g/mol. The highest BCUT2D eigenvalue weighted by Gasteiger charge is 2.38. The van der Waals surface area contributed by atoms with Crippen LogP contribution >= 0.6 is 0 Å². The van der Waals surface area contributed by atoms with Crippen LogP contribution in [0.2, 0.25) is 0 Å². The Morgan fingerprint density at radius 1 is 1.07 bits per heavy atom. The lowest BCUT2D eigenvalue weighted by Crippen LogP contribution is -2.57. The van der Waals surface area contributed by atoms with Gasteiger partial charge in [0, 0.05) is 32.2 Å². The Kier molecular flexibility index (Phi) is 6.05. The first-order chi connectivity index (χ1) is 13.0. The molecule has 0 aliphatic carbocycles. The Labute approximate surface area is 163 Å². The minimum absolute atomic E-state index is 0.135. The number of aromatic nitrogens is 1. The molecule has 10 heteroatoms. The summed E-state index contributed by atoms with van der Waals surface area (Å²) < 4.78 is 71.2. The van der Waals surface area contributed by atoms with Gasteiger partial charge in [-0.25, -0.2) is 13.4 Å². The second-order valence-electron chi connectivity index (χ2n) is 7.70. The summed E-state index contributed by atoms with van der Waals surface area (Å²) in [4.78, 5) is 5.60. The van der Waals surface area contributed by atoms with E-state index in [-0.39, 0.29) is 10.6 Å². The van der Waals surface area contributed by atoms with Crippen molar-refractivity contribution in [3.05, 3.63) is 23.5 Å². The van der Waals surface area contributed by atoms with E-state index in [0.29, 0.717) is 57.3 Å². The fraction of sp³-hybridized carbons (Fsp3) is 0.722. The molecule has 2 aliphatic heterocycles. The lowest BCUT2D eigenvalue weighted by molar-refractivity contribution is -0.141. The van der Waals surface area contributed by atoms with Gasteiger partial charge in [0.25, 0.3) is 0 Å². The predicted molar refractivity (Wildman–Crippen MR) is 97.2 cm³/mol. The maximum Gasteiger partial charge on any atom is 0.433 e. The fourth-order valence-corrected chi connectivity index (χ4v) is 5.86. The molecule has 0 unspecified atom stereocenters. The van der Waals surface area contributed by atoms with Crippen LogP contribution in [-0.2, 0) is 20.9 Å². The van der Waals surface area contributed by atoms with Crippen molar-refractivity contribution in [1.29, 1.82) is 0 Å². The predicted octanol–water partition coefficient (Wildman–Crippen LogP) is 2.39. The number of ether oxygens (including phenoxy) is 1. The molecule has 2 aliphatic rings. The number of rotatable bonds is 3. The second-order valence-corrected chi connectivity index (χ2v) is 9.61. The van der Waals surface area contributed by atoms with Gasteiger partial charge < -0.3 is 4.74 Å². The zero-order valence-electron chi connectivity index (χ0n) is 16.2. The van der Waals surface area contributed by atoms with Crippen LogP contribution in [0.4, 0.5) is 13.2 Å². The van der Waals surface area contributed by atoms with Gasteiger partial charge in [-0.05, 0) is 30.9 Å². The Hall–Kier alpha value is -1.23. The smallest absolute Gasteiger partial charge is 0.381 e. The summed E-state index contributed by atoms with van der Waals surface area (Å²) in [5.41, 5.74) is -1.22. The molecular formula is C18H26F3N3O3S. The molecule has 0 spiro atoms. The van der Waals surface area contributed by atoms with E-state index in [1.54, 1.807) is 0 Å². The minimum Gasteiger partial charge on any atom is -0.381 e. The molecule has 2 fully saturated rings. The molecule has 0 aromatic carbocycles. The van der Waals surface area contributed by atoms with E-state index >= 15 is 0 Å². The van der Waals surface area contributed by atoms with Gasteiger partial charge in [0.15, 0.2) is 0 Å². The molecule has 3 rings (SSSR count). The van der Waals surface area contributed by atoms with E-state index in [1.807, 2.05) is 0 Å². The van der Waals surface area contributed by atoms with Gasteiger partial charge in [0.1, 0.15) is 10.6 Å². The van der Waals surface area contributed by atoms with E-state index in [9.17, 15) is 21.6 Å². The number of sulfonamides is 1. The minimum atomic E-state index is -4.60. The maximum atomic E-state index is 12.9. The van der Waals surface area contributed by atoms with Crippen LogP contribution in [0.1, 0.15) is 25.2 Å². The summed E-state index contributed by atoms with van der Waals surface area (Å²) in [6, 6.07) is 2.07. The van der Waals surface area contributed by atoms with Gasteiger partial charge in [-0.1, -0.05) is 13.8 Å². The third-order valence-electron chi connectivity index (χ3n) is 5.57. The van der Waals surface area contributed by atoms with Crippen LogP contribution in [0.3, 0.4) is 0 Å². The van der Waals surface area contributed by atoms with Gasteiger partial charge in [-0.15, -0.1) is 0 Å². The highest BCUT2D eigenvalue weighted by atomic mass is 32.2. The number of alkyl halides is 3. The van der Waals surface area contributed by atoms with Crippen molar-refractivity contribution in [1.82, 2.24) is 14.2 Å². The van der Waals surface area contributed by atoms with Crippen molar-refractivity contribution in [3.63, 3.8) is 0 Å². The number of halogens is 3. The van der Waals surface area contributed by atoms with Crippen LogP contribution in [0.5, 0.6) is 0 Å².